The van der Waals surface area contributed by atoms with Crippen LogP contribution in [0, 0.1) is 0 Å². The molecule has 1 aliphatic carbocycles. The maximum Gasteiger partial charge on any atom is 0.233 e. The topological polar surface area (TPSA) is 79.9 Å². The molecule has 1 amide bonds. The van der Waals surface area contributed by atoms with Gasteiger partial charge in [0.25, 0.3) is 0 Å². The number of aromatic nitrogens is 3. The number of hydrogen-bond acceptors (Lipinski definition) is 5. The lowest BCUT2D eigenvalue weighted by Gasteiger charge is -2.15. The fourth-order valence-corrected chi connectivity index (χ4v) is 3.79. The Bertz CT molecular complexity index is 746. The number of amides is 1. The number of carbonyl (C=O) groups is 1. The Hall–Kier alpha value is -1.73. The SMILES string of the molecule is COc1ccc(Cl)cc1-c1nc(S[C@@H](C)C(=O)NC2CCCC2)n[nH]1. The number of carbonyl (C=O) groups excluding carboxylic acids is 1. The smallest absolute Gasteiger partial charge is 0.233 e. The number of rotatable bonds is 6. The van der Waals surface area contributed by atoms with Crippen LogP contribution in [0.2, 0.25) is 5.02 Å². The van der Waals surface area contributed by atoms with E-state index in [1.165, 1.54) is 24.6 Å². The number of thioether (sulfide) groups is 1. The van der Waals surface area contributed by atoms with E-state index < -0.39 is 0 Å². The summed E-state index contributed by atoms with van der Waals surface area (Å²) in [4.78, 5) is 16.8. The first kappa shape index (κ1) is 18.1. The highest BCUT2D eigenvalue weighted by atomic mass is 35.5. The van der Waals surface area contributed by atoms with Gasteiger partial charge in [0, 0.05) is 11.1 Å². The number of halogens is 1. The summed E-state index contributed by atoms with van der Waals surface area (Å²) in [7, 11) is 1.59. The highest BCUT2D eigenvalue weighted by Gasteiger charge is 2.22. The van der Waals surface area contributed by atoms with E-state index in [0.717, 1.165) is 18.4 Å². The van der Waals surface area contributed by atoms with E-state index in [0.29, 0.717) is 27.8 Å². The molecule has 1 aliphatic rings. The minimum Gasteiger partial charge on any atom is -0.496 e. The van der Waals surface area contributed by atoms with E-state index in [1.807, 2.05) is 6.92 Å². The summed E-state index contributed by atoms with van der Waals surface area (Å²) < 4.78 is 5.34. The van der Waals surface area contributed by atoms with Crippen LogP contribution in [-0.4, -0.2) is 39.5 Å². The summed E-state index contributed by atoms with van der Waals surface area (Å²) in [5.41, 5.74) is 0.734. The Morgan fingerprint density at radius 2 is 2.20 bits per heavy atom. The molecule has 8 heteroatoms. The molecule has 1 heterocycles. The molecule has 1 atom stereocenters. The number of benzene rings is 1. The fourth-order valence-electron chi connectivity index (χ4n) is 2.89. The first-order chi connectivity index (χ1) is 12.1. The van der Waals surface area contributed by atoms with E-state index in [1.54, 1.807) is 25.3 Å². The lowest BCUT2D eigenvalue weighted by molar-refractivity contribution is -0.120. The van der Waals surface area contributed by atoms with E-state index in [2.05, 4.69) is 20.5 Å². The van der Waals surface area contributed by atoms with Crippen LogP contribution in [0.15, 0.2) is 23.4 Å². The van der Waals surface area contributed by atoms with Gasteiger partial charge in [-0.1, -0.05) is 36.2 Å². The third-order valence-electron chi connectivity index (χ3n) is 4.23. The van der Waals surface area contributed by atoms with Gasteiger partial charge in [-0.2, -0.15) is 0 Å². The minimum absolute atomic E-state index is 0.0311. The molecule has 0 saturated heterocycles. The number of methoxy groups -OCH3 is 1. The summed E-state index contributed by atoms with van der Waals surface area (Å²) in [6.45, 7) is 1.87. The van der Waals surface area contributed by atoms with Crippen molar-refractivity contribution in [2.45, 2.75) is 49.1 Å². The fraction of sp³-hybridized carbons (Fsp3) is 0.471. The predicted octanol–water partition coefficient (Wildman–Crippen LogP) is 3.67. The van der Waals surface area contributed by atoms with Crippen LogP contribution in [0.4, 0.5) is 0 Å². The zero-order chi connectivity index (χ0) is 17.8. The molecule has 1 saturated carbocycles. The standard InChI is InChI=1S/C17H21ClN4O2S/c1-10(16(23)19-12-5-3-4-6-12)25-17-20-15(21-22-17)13-9-11(18)7-8-14(13)24-2/h7-10,12H,3-6H2,1-2H3,(H,19,23)(H,20,21,22)/t10-/m0/s1. The lowest BCUT2D eigenvalue weighted by Crippen LogP contribution is -2.37. The van der Waals surface area contributed by atoms with Gasteiger partial charge in [-0.3, -0.25) is 9.89 Å². The van der Waals surface area contributed by atoms with Crippen molar-refractivity contribution in [3.8, 4) is 17.1 Å². The Kier molecular flexibility index (Phi) is 5.86. The molecule has 0 bridgehead atoms. The second-order valence-corrected chi connectivity index (χ2v) is 7.81. The van der Waals surface area contributed by atoms with Crippen LogP contribution in [-0.2, 0) is 4.79 Å². The average Bonchev–Trinajstić information content (AvgIpc) is 3.26. The maximum absolute atomic E-state index is 12.3. The Labute approximate surface area is 156 Å². The molecular formula is C17H21ClN4O2S. The molecule has 134 valence electrons. The average molecular weight is 381 g/mol. The molecule has 2 aromatic rings. The number of H-pyrrole nitrogens is 1. The Balaban J connectivity index is 1.67. The number of nitrogens with zero attached hydrogens (tertiary/aromatic N) is 2. The van der Waals surface area contributed by atoms with Gasteiger partial charge in [0.15, 0.2) is 5.82 Å². The molecule has 2 N–H and O–H groups in total. The second kappa shape index (κ2) is 8.10. The van der Waals surface area contributed by atoms with Gasteiger partial charge < -0.3 is 10.1 Å². The second-order valence-electron chi connectivity index (χ2n) is 6.06. The Morgan fingerprint density at radius 1 is 1.44 bits per heavy atom. The summed E-state index contributed by atoms with van der Waals surface area (Å²) >= 11 is 7.39. The van der Waals surface area contributed by atoms with Gasteiger partial charge in [-0.05, 0) is 38.0 Å². The van der Waals surface area contributed by atoms with Crippen molar-refractivity contribution >= 4 is 29.3 Å². The van der Waals surface area contributed by atoms with E-state index in [4.69, 9.17) is 16.3 Å². The molecule has 0 radical (unpaired) electrons. The van der Waals surface area contributed by atoms with Crippen molar-refractivity contribution in [1.29, 1.82) is 0 Å². The van der Waals surface area contributed by atoms with E-state index in [-0.39, 0.29) is 11.2 Å². The minimum atomic E-state index is -0.259. The molecule has 1 aromatic heterocycles. The van der Waals surface area contributed by atoms with Crippen LogP contribution >= 0.6 is 23.4 Å². The van der Waals surface area contributed by atoms with Crippen LogP contribution < -0.4 is 10.1 Å². The summed E-state index contributed by atoms with van der Waals surface area (Å²) in [6, 6.07) is 5.62. The third kappa shape index (κ3) is 4.46. The van der Waals surface area contributed by atoms with Crippen LogP contribution in [0.25, 0.3) is 11.4 Å². The molecule has 1 aromatic carbocycles. The number of ether oxygens (including phenoxy) is 1. The number of hydrogen-bond donors (Lipinski definition) is 2. The molecule has 1 fully saturated rings. The zero-order valence-electron chi connectivity index (χ0n) is 14.2. The number of nitrogens with one attached hydrogen (secondary N) is 2. The van der Waals surface area contributed by atoms with Gasteiger partial charge in [0.05, 0.1) is 17.9 Å². The van der Waals surface area contributed by atoms with Crippen molar-refractivity contribution in [2.24, 2.45) is 0 Å². The van der Waals surface area contributed by atoms with Gasteiger partial charge >= 0.3 is 0 Å². The molecule has 0 spiro atoms. The monoisotopic (exact) mass is 380 g/mol. The van der Waals surface area contributed by atoms with Gasteiger partial charge in [-0.15, -0.1) is 5.10 Å². The molecule has 3 rings (SSSR count). The van der Waals surface area contributed by atoms with Crippen molar-refractivity contribution in [3.05, 3.63) is 23.2 Å². The summed E-state index contributed by atoms with van der Waals surface area (Å²) in [5.74, 6) is 1.25. The van der Waals surface area contributed by atoms with E-state index >= 15 is 0 Å². The van der Waals surface area contributed by atoms with Crippen molar-refractivity contribution in [2.75, 3.05) is 7.11 Å². The molecule has 6 nitrogen and oxygen atoms in total. The van der Waals surface area contributed by atoms with Crippen LogP contribution in [0.5, 0.6) is 5.75 Å². The van der Waals surface area contributed by atoms with Gasteiger partial charge in [0.2, 0.25) is 11.1 Å². The van der Waals surface area contributed by atoms with Crippen LogP contribution in [0.3, 0.4) is 0 Å². The van der Waals surface area contributed by atoms with Crippen LogP contribution in [0.1, 0.15) is 32.6 Å². The quantitative estimate of drug-likeness (QED) is 0.747. The summed E-state index contributed by atoms with van der Waals surface area (Å²) in [6.07, 6.45) is 4.53. The van der Waals surface area contributed by atoms with Crippen molar-refractivity contribution < 1.29 is 9.53 Å². The largest absolute Gasteiger partial charge is 0.496 e. The first-order valence-electron chi connectivity index (χ1n) is 8.30. The highest BCUT2D eigenvalue weighted by molar-refractivity contribution is 8.00. The molecule has 0 unspecified atom stereocenters. The Morgan fingerprint density at radius 3 is 2.92 bits per heavy atom. The maximum atomic E-state index is 12.3. The predicted molar refractivity (Wildman–Crippen MR) is 99.1 cm³/mol. The number of aromatic amines is 1. The highest BCUT2D eigenvalue weighted by Crippen LogP contribution is 2.31. The molecule has 0 aliphatic heterocycles. The van der Waals surface area contributed by atoms with E-state index in [9.17, 15) is 4.79 Å². The van der Waals surface area contributed by atoms with Crippen molar-refractivity contribution in [3.63, 3.8) is 0 Å². The third-order valence-corrected chi connectivity index (χ3v) is 5.43. The molecular weight excluding hydrogens is 360 g/mol. The lowest BCUT2D eigenvalue weighted by atomic mass is 10.2. The summed E-state index contributed by atoms with van der Waals surface area (Å²) in [5, 5.41) is 11.0. The zero-order valence-corrected chi connectivity index (χ0v) is 15.8. The van der Waals surface area contributed by atoms with Gasteiger partial charge in [0.1, 0.15) is 5.75 Å². The molecule has 25 heavy (non-hydrogen) atoms. The van der Waals surface area contributed by atoms with Gasteiger partial charge in [-0.25, -0.2) is 4.98 Å². The normalized spacial score (nSPS) is 16.0. The van der Waals surface area contributed by atoms with Crippen molar-refractivity contribution in [1.82, 2.24) is 20.5 Å². The first-order valence-corrected chi connectivity index (χ1v) is 9.56.